The Kier molecular flexibility index (Phi) is 5.52. The Morgan fingerprint density at radius 1 is 1.19 bits per heavy atom. The number of ether oxygens (including phenoxy) is 2. The summed E-state index contributed by atoms with van der Waals surface area (Å²) in [5, 5.41) is 3.04. The van der Waals surface area contributed by atoms with Gasteiger partial charge in [0.2, 0.25) is 0 Å². The maximum absolute atomic E-state index is 12.1. The number of rotatable bonds is 6. The van der Waals surface area contributed by atoms with Crippen LogP contribution in [0, 0.1) is 11.8 Å². The van der Waals surface area contributed by atoms with Gasteiger partial charge in [-0.1, -0.05) is 0 Å². The molecule has 0 aliphatic carbocycles. The molecule has 6 nitrogen and oxygen atoms in total. The summed E-state index contributed by atoms with van der Waals surface area (Å²) in [5.74, 6) is 1.31. The Bertz CT molecular complexity index is 598. The van der Waals surface area contributed by atoms with Gasteiger partial charge in [-0.3, -0.25) is 14.7 Å². The van der Waals surface area contributed by atoms with E-state index in [1.807, 2.05) is 0 Å². The molecule has 1 aromatic heterocycles. The van der Waals surface area contributed by atoms with E-state index in [4.69, 9.17) is 9.47 Å². The zero-order valence-corrected chi connectivity index (χ0v) is 15.4. The van der Waals surface area contributed by atoms with Crippen LogP contribution in [-0.2, 0) is 9.47 Å². The van der Waals surface area contributed by atoms with Crippen molar-refractivity contribution < 1.29 is 14.3 Å². The van der Waals surface area contributed by atoms with Crippen LogP contribution < -0.4 is 5.32 Å². The van der Waals surface area contributed by atoms with Crippen LogP contribution in [0.25, 0.3) is 0 Å². The summed E-state index contributed by atoms with van der Waals surface area (Å²) in [5.41, 5.74) is 0.704. The molecule has 1 aromatic rings. The first-order valence-electron chi connectivity index (χ1n) is 9.87. The topological polar surface area (TPSA) is 63.7 Å². The van der Waals surface area contributed by atoms with Crippen molar-refractivity contribution in [1.29, 1.82) is 0 Å². The second-order valence-corrected chi connectivity index (χ2v) is 7.90. The Morgan fingerprint density at radius 2 is 1.96 bits per heavy atom. The second-order valence-electron chi connectivity index (χ2n) is 7.90. The van der Waals surface area contributed by atoms with Crippen molar-refractivity contribution in [1.82, 2.24) is 15.2 Å². The van der Waals surface area contributed by atoms with E-state index < -0.39 is 0 Å². The summed E-state index contributed by atoms with van der Waals surface area (Å²) in [7, 11) is 0. The average Bonchev–Trinajstić information content (AvgIpc) is 3.07. The molecule has 4 heterocycles. The first-order chi connectivity index (χ1) is 12.8. The number of amides is 1. The molecule has 6 heteroatoms. The van der Waals surface area contributed by atoms with E-state index in [-0.39, 0.29) is 11.5 Å². The van der Waals surface area contributed by atoms with Crippen LogP contribution in [0.3, 0.4) is 0 Å². The number of carbonyl (C=O) groups excluding carboxylic acids is 1. The number of aromatic nitrogens is 1. The Hall–Kier alpha value is -1.50. The van der Waals surface area contributed by atoms with Crippen molar-refractivity contribution in [2.45, 2.75) is 31.3 Å². The Labute approximate surface area is 155 Å². The van der Waals surface area contributed by atoms with Crippen LogP contribution in [-0.4, -0.2) is 67.4 Å². The van der Waals surface area contributed by atoms with E-state index in [9.17, 15) is 4.79 Å². The lowest BCUT2D eigenvalue weighted by Gasteiger charge is -2.51. The fraction of sp³-hybridized carbons (Fsp3) is 0.700. The minimum Gasteiger partial charge on any atom is -0.381 e. The van der Waals surface area contributed by atoms with Crippen LogP contribution >= 0.6 is 0 Å². The molecule has 1 spiro atoms. The summed E-state index contributed by atoms with van der Waals surface area (Å²) in [6.07, 6.45) is 7.77. The molecule has 26 heavy (non-hydrogen) atoms. The van der Waals surface area contributed by atoms with Gasteiger partial charge >= 0.3 is 0 Å². The summed E-state index contributed by atoms with van der Waals surface area (Å²) >= 11 is 0. The lowest BCUT2D eigenvalue weighted by Crippen LogP contribution is -2.65. The third-order valence-electron chi connectivity index (χ3n) is 6.16. The first kappa shape index (κ1) is 17.9. The molecule has 0 bridgehead atoms. The number of hydrogen-bond acceptors (Lipinski definition) is 5. The van der Waals surface area contributed by atoms with E-state index in [2.05, 4.69) is 15.2 Å². The van der Waals surface area contributed by atoms with Gasteiger partial charge in [0.15, 0.2) is 0 Å². The number of nitrogens with zero attached hydrogens (tertiary/aromatic N) is 2. The van der Waals surface area contributed by atoms with Crippen LogP contribution in [0.15, 0.2) is 24.5 Å². The van der Waals surface area contributed by atoms with Crippen LogP contribution in [0.1, 0.15) is 36.0 Å². The van der Waals surface area contributed by atoms with Crippen molar-refractivity contribution in [2.24, 2.45) is 11.8 Å². The molecule has 1 amide bonds. The second kappa shape index (κ2) is 8.03. The minimum atomic E-state index is -0.0184. The number of nitrogens with one attached hydrogen (secondary N) is 1. The summed E-state index contributed by atoms with van der Waals surface area (Å²) in [6, 6.07) is 3.49. The lowest BCUT2D eigenvalue weighted by molar-refractivity contribution is -0.139. The van der Waals surface area contributed by atoms with Crippen LogP contribution in [0.5, 0.6) is 0 Å². The quantitative estimate of drug-likeness (QED) is 0.838. The van der Waals surface area contributed by atoms with E-state index >= 15 is 0 Å². The fourth-order valence-corrected chi connectivity index (χ4v) is 4.64. The van der Waals surface area contributed by atoms with Gasteiger partial charge in [0, 0.05) is 64.0 Å². The third kappa shape index (κ3) is 3.92. The highest BCUT2D eigenvalue weighted by Crippen LogP contribution is 2.42. The van der Waals surface area contributed by atoms with Gasteiger partial charge in [-0.2, -0.15) is 0 Å². The highest BCUT2D eigenvalue weighted by atomic mass is 16.5. The van der Waals surface area contributed by atoms with Crippen molar-refractivity contribution in [3.05, 3.63) is 30.1 Å². The maximum atomic E-state index is 12.1. The third-order valence-corrected chi connectivity index (χ3v) is 6.16. The summed E-state index contributed by atoms with van der Waals surface area (Å²) in [6.45, 7) is 6.67. The first-order valence-corrected chi connectivity index (χ1v) is 9.87. The molecular formula is C20H29N3O3. The van der Waals surface area contributed by atoms with Gasteiger partial charge < -0.3 is 14.8 Å². The van der Waals surface area contributed by atoms with Gasteiger partial charge in [-0.05, 0) is 49.7 Å². The largest absolute Gasteiger partial charge is 0.381 e. The van der Waals surface area contributed by atoms with Gasteiger partial charge in [0.25, 0.3) is 5.91 Å². The minimum absolute atomic E-state index is 0.0184. The molecule has 3 aliphatic heterocycles. The number of likely N-dealkylation sites (tertiary alicyclic amines) is 1. The van der Waals surface area contributed by atoms with E-state index in [0.717, 1.165) is 51.7 Å². The molecule has 1 unspecified atom stereocenters. The molecule has 4 rings (SSSR count). The highest BCUT2D eigenvalue weighted by molar-refractivity contribution is 5.93. The smallest absolute Gasteiger partial charge is 0.251 e. The van der Waals surface area contributed by atoms with Gasteiger partial charge in [-0.15, -0.1) is 0 Å². The van der Waals surface area contributed by atoms with Gasteiger partial charge in [0.1, 0.15) is 0 Å². The number of carbonyl (C=O) groups is 1. The molecule has 0 radical (unpaired) electrons. The van der Waals surface area contributed by atoms with Gasteiger partial charge in [-0.25, -0.2) is 0 Å². The summed E-state index contributed by atoms with van der Waals surface area (Å²) < 4.78 is 11.6. The molecule has 0 aromatic carbocycles. The molecule has 142 valence electrons. The average molecular weight is 359 g/mol. The molecular weight excluding hydrogens is 330 g/mol. The summed E-state index contributed by atoms with van der Waals surface area (Å²) in [4.78, 5) is 18.6. The van der Waals surface area contributed by atoms with E-state index in [1.165, 1.54) is 19.4 Å². The van der Waals surface area contributed by atoms with Crippen molar-refractivity contribution in [3.8, 4) is 0 Å². The fourth-order valence-electron chi connectivity index (χ4n) is 4.64. The molecule has 3 saturated heterocycles. The zero-order valence-electron chi connectivity index (χ0n) is 15.4. The number of pyridine rings is 1. The molecule has 1 atom stereocenters. The van der Waals surface area contributed by atoms with Crippen molar-refractivity contribution in [3.63, 3.8) is 0 Å². The van der Waals surface area contributed by atoms with Crippen molar-refractivity contribution >= 4 is 5.91 Å². The predicted molar refractivity (Wildman–Crippen MR) is 98.0 cm³/mol. The lowest BCUT2D eigenvalue weighted by atomic mass is 9.78. The Morgan fingerprint density at radius 3 is 2.73 bits per heavy atom. The van der Waals surface area contributed by atoms with Gasteiger partial charge in [0.05, 0.1) is 5.60 Å². The molecule has 3 fully saturated rings. The van der Waals surface area contributed by atoms with E-state index in [1.54, 1.807) is 24.5 Å². The predicted octanol–water partition coefficient (Wildman–Crippen LogP) is 1.72. The normalized spacial score (nSPS) is 25.9. The highest BCUT2D eigenvalue weighted by Gasteiger charge is 2.52. The van der Waals surface area contributed by atoms with E-state index in [0.29, 0.717) is 18.0 Å². The molecule has 1 N–H and O–H groups in total. The SMILES string of the molecule is O=C(NCCC1CCOC12CN(CC1CCOCC1)C2)c1ccncc1. The Balaban J connectivity index is 1.21. The molecule has 0 saturated carbocycles. The van der Waals surface area contributed by atoms with Crippen LogP contribution in [0.2, 0.25) is 0 Å². The standard InChI is InChI=1S/C20H29N3O3/c24-19(17-1-7-21-8-2-17)22-9-3-18-6-12-26-20(18)14-23(15-20)13-16-4-10-25-11-5-16/h1-2,7-8,16,18H,3-6,9-15H2,(H,22,24). The molecule has 3 aliphatic rings. The number of hydrogen-bond donors (Lipinski definition) is 1. The zero-order chi connectivity index (χ0) is 17.8. The monoisotopic (exact) mass is 359 g/mol. The van der Waals surface area contributed by atoms with Crippen molar-refractivity contribution in [2.75, 3.05) is 46.0 Å². The van der Waals surface area contributed by atoms with Crippen LogP contribution in [0.4, 0.5) is 0 Å². The maximum Gasteiger partial charge on any atom is 0.251 e.